The molecule has 2 aliphatic heterocycles. The Kier molecular flexibility index (Phi) is 6.03. The number of aromatic nitrogens is 1. The zero-order chi connectivity index (χ0) is 26.8. The summed E-state index contributed by atoms with van der Waals surface area (Å²) in [6.07, 6.45) is 3.98. The monoisotopic (exact) mass is 513 g/mol. The third-order valence-electron chi connectivity index (χ3n) is 9.77. The molecule has 3 fully saturated rings. The topological polar surface area (TPSA) is 121 Å². The average molecular weight is 514 g/mol. The lowest BCUT2D eigenvalue weighted by Gasteiger charge is -2.70. The Morgan fingerprint density at radius 3 is 2.59 bits per heavy atom. The summed E-state index contributed by atoms with van der Waals surface area (Å²) in [5.74, 6) is -1.62. The number of aliphatic hydroxyl groups is 1. The fourth-order valence-electron chi connectivity index (χ4n) is 7.63. The normalized spacial score (nSPS) is 42.8. The van der Waals surface area contributed by atoms with Crippen molar-refractivity contribution in [3.63, 3.8) is 0 Å². The molecule has 0 radical (unpaired) electrons. The van der Waals surface area contributed by atoms with Gasteiger partial charge in [-0.25, -0.2) is 4.79 Å². The number of pyridine rings is 1. The number of allylic oxidation sites excluding steroid dienone is 1. The van der Waals surface area contributed by atoms with E-state index in [-0.39, 0.29) is 25.4 Å². The summed E-state index contributed by atoms with van der Waals surface area (Å²) in [5, 5.41) is 12.0. The molecule has 37 heavy (non-hydrogen) atoms. The Balaban J connectivity index is 1.66. The van der Waals surface area contributed by atoms with Gasteiger partial charge in [0.1, 0.15) is 36.1 Å². The van der Waals surface area contributed by atoms with Gasteiger partial charge in [0, 0.05) is 36.6 Å². The number of fused-ring (bicyclic) bond motifs is 3. The van der Waals surface area contributed by atoms with Crippen LogP contribution in [0.15, 0.2) is 36.2 Å². The number of ether oxygens (including phenoxy) is 4. The van der Waals surface area contributed by atoms with Crippen molar-refractivity contribution in [1.82, 2.24) is 4.98 Å². The molecule has 1 aromatic heterocycles. The molecule has 0 bridgehead atoms. The lowest BCUT2D eigenvalue weighted by molar-refractivity contribution is -0.362. The van der Waals surface area contributed by atoms with E-state index < -0.39 is 58.3 Å². The first kappa shape index (κ1) is 25.9. The van der Waals surface area contributed by atoms with Gasteiger partial charge in [0.25, 0.3) is 0 Å². The molecule has 0 amide bonds. The predicted octanol–water partition coefficient (Wildman–Crippen LogP) is 3.15. The van der Waals surface area contributed by atoms with Gasteiger partial charge in [-0.1, -0.05) is 25.5 Å². The van der Waals surface area contributed by atoms with Crippen molar-refractivity contribution in [3.05, 3.63) is 41.7 Å². The Hall–Kier alpha value is -2.78. The first-order chi connectivity index (χ1) is 17.4. The molecule has 1 saturated carbocycles. The van der Waals surface area contributed by atoms with Crippen molar-refractivity contribution in [3.8, 4) is 0 Å². The summed E-state index contributed by atoms with van der Waals surface area (Å²) in [6, 6.07) is 3.30. The summed E-state index contributed by atoms with van der Waals surface area (Å²) in [7, 11) is 0. The first-order valence-corrected chi connectivity index (χ1v) is 12.9. The van der Waals surface area contributed by atoms with E-state index in [9.17, 15) is 19.5 Å². The minimum Gasteiger partial charge on any atom is -0.462 e. The van der Waals surface area contributed by atoms with Crippen molar-refractivity contribution in [1.29, 1.82) is 0 Å². The fourth-order valence-corrected chi connectivity index (χ4v) is 7.63. The second-order valence-corrected chi connectivity index (χ2v) is 11.6. The highest BCUT2D eigenvalue weighted by atomic mass is 16.6. The highest BCUT2D eigenvalue weighted by Gasteiger charge is 2.76. The zero-order valence-electron chi connectivity index (χ0n) is 22.0. The van der Waals surface area contributed by atoms with Crippen LogP contribution in [0.1, 0.15) is 70.7 Å². The standard InChI is InChI=1S/C28H35NO8/c1-16-8-6-10-19-25(16,3)23(35-17(2)30)22(32)27(5)26(19,4)20(12-28(37-27)13-21(31)34-15-28)36-24(33)18-9-7-11-29-14-18/h7-9,11,14,19-20,22-23,32H,6,10,12-13,15H2,1-5H3/t19-,20-,22-,23-,25-,26-,27-,28-/m0/s1. The highest BCUT2D eigenvalue weighted by Crippen LogP contribution is 2.68. The van der Waals surface area contributed by atoms with Crippen LogP contribution in [0.4, 0.5) is 0 Å². The number of carbonyl (C=O) groups excluding carboxylic acids is 3. The average Bonchev–Trinajstić information content (AvgIpc) is 3.20. The van der Waals surface area contributed by atoms with E-state index >= 15 is 0 Å². The van der Waals surface area contributed by atoms with Gasteiger partial charge in [-0.05, 0) is 44.7 Å². The van der Waals surface area contributed by atoms with E-state index in [0.717, 1.165) is 18.4 Å². The van der Waals surface area contributed by atoms with Gasteiger partial charge in [-0.3, -0.25) is 14.6 Å². The minimum atomic E-state index is -1.33. The summed E-state index contributed by atoms with van der Waals surface area (Å²) >= 11 is 0. The van der Waals surface area contributed by atoms with Gasteiger partial charge in [0.15, 0.2) is 0 Å². The maximum absolute atomic E-state index is 13.4. The van der Waals surface area contributed by atoms with E-state index in [1.165, 1.54) is 13.1 Å². The number of esters is 3. The molecular weight excluding hydrogens is 478 g/mol. The molecule has 4 aliphatic rings. The molecule has 1 N–H and O–H groups in total. The second-order valence-electron chi connectivity index (χ2n) is 11.6. The largest absolute Gasteiger partial charge is 0.462 e. The molecular formula is C28H35NO8. The van der Waals surface area contributed by atoms with E-state index in [1.54, 1.807) is 25.3 Å². The van der Waals surface area contributed by atoms with Crippen LogP contribution in [0, 0.1) is 16.7 Å². The van der Waals surface area contributed by atoms with Crippen LogP contribution in [0.5, 0.6) is 0 Å². The van der Waals surface area contributed by atoms with Crippen LogP contribution in [0.2, 0.25) is 0 Å². The third kappa shape index (κ3) is 3.65. The van der Waals surface area contributed by atoms with Crippen LogP contribution >= 0.6 is 0 Å². The molecule has 1 aromatic rings. The SMILES string of the molecule is CC(=O)O[C@H]1[C@H](O)[C@]2(C)O[C@@]3(COC(=O)C3)C[C@H](OC(=O)c3cccnc3)[C@]2(C)[C@H]2CCC=C(C)[C@]12C. The number of aliphatic hydroxyl groups excluding tert-OH is 1. The number of cyclic esters (lactones) is 1. The summed E-state index contributed by atoms with van der Waals surface area (Å²) in [4.78, 5) is 41.9. The van der Waals surface area contributed by atoms with Crippen molar-refractivity contribution >= 4 is 17.9 Å². The lowest BCUT2D eigenvalue weighted by Crippen LogP contribution is -2.79. The summed E-state index contributed by atoms with van der Waals surface area (Å²) in [6.45, 7) is 9.10. The number of hydrogen-bond donors (Lipinski definition) is 1. The maximum Gasteiger partial charge on any atom is 0.339 e. The molecule has 1 spiro atoms. The van der Waals surface area contributed by atoms with Crippen LogP contribution in [0.25, 0.3) is 0 Å². The molecule has 5 rings (SSSR count). The molecule has 0 unspecified atom stereocenters. The van der Waals surface area contributed by atoms with Gasteiger partial charge >= 0.3 is 17.9 Å². The predicted molar refractivity (Wildman–Crippen MR) is 130 cm³/mol. The van der Waals surface area contributed by atoms with E-state index in [0.29, 0.717) is 5.56 Å². The van der Waals surface area contributed by atoms with Crippen LogP contribution in [0.3, 0.4) is 0 Å². The van der Waals surface area contributed by atoms with Crippen molar-refractivity contribution in [2.24, 2.45) is 16.7 Å². The third-order valence-corrected chi connectivity index (χ3v) is 9.77. The number of hydrogen-bond acceptors (Lipinski definition) is 9. The Bertz CT molecular complexity index is 1150. The van der Waals surface area contributed by atoms with Crippen LogP contribution < -0.4 is 0 Å². The Labute approximate surface area is 216 Å². The maximum atomic E-state index is 13.4. The van der Waals surface area contributed by atoms with Gasteiger partial charge in [-0.15, -0.1) is 0 Å². The van der Waals surface area contributed by atoms with Gasteiger partial charge in [0.2, 0.25) is 0 Å². The smallest absolute Gasteiger partial charge is 0.339 e. The van der Waals surface area contributed by atoms with Crippen molar-refractivity contribution in [2.45, 2.75) is 89.8 Å². The molecule has 200 valence electrons. The number of rotatable bonds is 3. The van der Waals surface area contributed by atoms with Gasteiger partial charge in [0.05, 0.1) is 12.0 Å². The zero-order valence-corrected chi connectivity index (χ0v) is 22.0. The first-order valence-electron chi connectivity index (χ1n) is 12.9. The van der Waals surface area contributed by atoms with Crippen LogP contribution in [-0.2, 0) is 28.5 Å². The lowest BCUT2D eigenvalue weighted by atomic mass is 9.41. The molecule has 3 heterocycles. The van der Waals surface area contributed by atoms with E-state index in [2.05, 4.69) is 11.1 Å². The van der Waals surface area contributed by atoms with Gasteiger partial charge in [-0.2, -0.15) is 0 Å². The van der Waals surface area contributed by atoms with E-state index in [4.69, 9.17) is 18.9 Å². The van der Waals surface area contributed by atoms with Crippen molar-refractivity contribution < 1.29 is 38.4 Å². The number of carbonyl (C=O) groups is 3. The van der Waals surface area contributed by atoms with E-state index in [1.807, 2.05) is 20.8 Å². The molecule has 9 nitrogen and oxygen atoms in total. The Morgan fingerprint density at radius 1 is 1.22 bits per heavy atom. The molecule has 9 heteroatoms. The highest BCUT2D eigenvalue weighted by molar-refractivity contribution is 5.89. The molecule has 2 aliphatic carbocycles. The van der Waals surface area contributed by atoms with Crippen molar-refractivity contribution in [2.75, 3.05) is 6.61 Å². The molecule has 0 aromatic carbocycles. The quantitative estimate of drug-likeness (QED) is 0.369. The number of nitrogens with zero attached hydrogens (tertiary/aromatic N) is 1. The van der Waals surface area contributed by atoms with Gasteiger partial charge < -0.3 is 24.1 Å². The summed E-state index contributed by atoms with van der Waals surface area (Å²) < 4.78 is 24.2. The second kappa shape index (κ2) is 8.63. The summed E-state index contributed by atoms with van der Waals surface area (Å²) in [5.41, 5.74) is -2.73. The van der Waals surface area contributed by atoms with Crippen LogP contribution in [-0.4, -0.2) is 64.1 Å². The molecule has 8 atom stereocenters. The Morgan fingerprint density at radius 2 is 1.97 bits per heavy atom. The fraction of sp³-hybridized carbons (Fsp3) is 0.643. The molecule has 2 saturated heterocycles. The minimum absolute atomic E-state index is 0.00966.